The van der Waals surface area contributed by atoms with Crippen LogP contribution in [0.1, 0.15) is 137 Å². The minimum atomic E-state index is -1.08. The van der Waals surface area contributed by atoms with Gasteiger partial charge in [-0.15, -0.1) is 0 Å². The van der Waals surface area contributed by atoms with Crippen molar-refractivity contribution in [1.29, 1.82) is 0 Å². The first kappa shape index (κ1) is 90.8. The van der Waals surface area contributed by atoms with Gasteiger partial charge in [0.2, 0.25) is 11.8 Å². The highest BCUT2D eigenvalue weighted by atomic mass is 16.7. The van der Waals surface area contributed by atoms with E-state index in [0.29, 0.717) is 40.7 Å². The van der Waals surface area contributed by atoms with Crippen LogP contribution in [-0.4, -0.2) is 201 Å². The number of hydroxylamine groups is 4. The highest BCUT2D eigenvalue weighted by Gasteiger charge is 2.60. The fraction of sp³-hybridized carbons (Fsp3) is 0.581. The average Bonchev–Trinajstić information content (AvgIpc) is 1.02. The van der Waals surface area contributed by atoms with Gasteiger partial charge in [0.05, 0.1) is 55.1 Å². The Balaban J connectivity index is 0.000000245. The van der Waals surface area contributed by atoms with E-state index in [-0.39, 0.29) is 90.1 Å². The Bertz CT molecular complexity index is 4440. The number of amides is 5. The van der Waals surface area contributed by atoms with Crippen LogP contribution < -0.4 is 41.1 Å². The number of carbonyl (C=O) groups is 6. The predicted molar refractivity (Wildman–Crippen MR) is 449 cm³/mol. The molecule has 31 heteroatoms. The highest BCUT2D eigenvalue weighted by Crippen LogP contribution is 2.62. The van der Waals surface area contributed by atoms with Gasteiger partial charge in [0.1, 0.15) is 30.0 Å². The molecule has 0 radical (unpaired) electrons. The number of azide groups is 2. The van der Waals surface area contributed by atoms with E-state index < -0.39 is 65.5 Å². The van der Waals surface area contributed by atoms with Crippen molar-refractivity contribution in [2.24, 2.45) is 68.4 Å². The van der Waals surface area contributed by atoms with Crippen molar-refractivity contribution in [3.05, 3.63) is 161 Å². The van der Waals surface area contributed by atoms with Crippen LogP contribution in [0.25, 0.3) is 43.1 Å². The van der Waals surface area contributed by atoms with Crippen LogP contribution in [0.15, 0.2) is 107 Å². The van der Waals surface area contributed by atoms with Crippen LogP contribution >= 0.6 is 0 Å². The maximum atomic E-state index is 14.7. The van der Waals surface area contributed by atoms with E-state index in [1.165, 1.54) is 48.4 Å². The number of hydrogen-bond donors (Lipinski definition) is 5. The molecule has 3 heterocycles. The van der Waals surface area contributed by atoms with Gasteiger partial charge >= 0.3 is 12.2 Å². The van der Waals surface area contributed by atoms with Crippen molar-refractivity contribution in [2.45, 2.75) is 169 Å². The quantitative estimate of drug-likeness (QED) is 0.00728. The molecular formula is C86H121N17O14. The number of hydrogen-bond acceptors (Lipinski definition) is 21. The SMILES string of the molecule is C1CCOC1.CNC.CNC(=O)c1cc(-c2cccc(CN3O[C@@H](CN=[N+]=[N-])[C@@H]([C@H](C)OC(=O)N(C)C)[C@H]3C(=O)N[C@H]3C[C@H]4C[C@@H]([C@@H]3C)C4(C)C)c2C)cc(N(C)C)c1.CNC(=O)c1cc(-c2cccc(CN3O[C@@H](CN=[N+]=[N-])[C@@H]([C@H](C)OC(=O)Oc4ccc([N+](=O)[O-])cc4)[C@H]3C(=O)N[C@H]3C[C@H]4C[C@@H]([C@@H]3C)C4(C)C)c2C)cc(N(C)C)c1. The zero-order valence-electron chi connectivity index (χ0n) is 71.5. The number of fused-ring (bicyclic) bond motifs is 4. The van der Waals surface area contributed by atoms with Crippen LogP contribution in [0.4, 0.5) is 26.7 Å². The minimum Gasteiger partial charge on any atom is -0.446 e. The third kappa shape index (κ3) is 21.1. The lowest BCUT2D eigenvalue weighted by Crippen LogP contribution is -2.62. The molecular weight excluding hydrogens is 1500 g/mol. The summed E-state index contributed by atoms with van der Waals surface area (Å²) in [5.74, 6) is 0.294. The molecule has 6 aliphatic carbocycles. The van der Waals surface area contributed by atoms with Crippen LogP contribution in [0.3, 0.4) is 0 Å². The van der Waals surface area contributed by atoms with Gasteiger partial charge in [0, 0.05) is 126 Å². The first-order chi connectivity index (χ1) is 55.5. The Labute approximate surface area is 687 Å². The number of nitrogens with zero attached hydrogens (tertiary/aromatic N) is 12. The molecule has 634 valence electrons. The van der Waals surface area contributed by atoms with Crippen LogP contribution in [0.5, 0.6) is 5.75 Å². The van der Waals surface area contributed by atoms with Crippen LogP contribution in [0.2, 0.25) is 0 Å². The summed E-state index contributed by atoms with van der Waals surface area (Å²) in [4.78, 5) is 115. The Hall–Kier alpha value is -10.1. The van der Waals surface area contributed by atoms with E-state index in [0.717, 1.165) is 88.4 Å². The Morgan fingerprint density at radius 3 is 1.37 bits per heavy atom. The number of non-ortho nitro benzene ring substituents is 1. The fourth-order valence-corrected chi connectivity index (χ4v) is 18.3. The lowest BCUT2D eigenvalue weighted by Gasteiger charge is -2.62. The molecule has 6 saturated carbocycles. The first-order valence-electron chi connectivity index (χ1n) is 40.5. The van der Waals surface area contributed by atoms with Crippen LogP contribution in [0, 0.1) is 82.1 Å². The predicted octanol–water partition coefficient (Wildman–Crippen LogP) is 13.6. The molecule has 3 saturated heterocycles. The zero-order chi connectivity index (χ0) is 85.7. The number of nitrogens with one attached hydrogen (secondary N) is 5. The number of rotatable bonds is 24. The van der Waals surface area contributed by atoms with Gasteiger partial charge in [0.25, 0.3) is 17.5 Å². The summed E-state index contributed by atoms with van der Waals surface area (Å²) in [7, 11) is 17.9. The lowest BCUT2D eigenvalue weighted by molar-refractivity contribution is -0.384. The van der Waals surface area contributed by atoms with Gasteiger partial charge in [-0.05, 0) is 231 Å². The summed E-state index contributed by atoms with van der Waals surface area (Å²) in [6, 6.07) is 26.4. The zero-order valence-corrected chi connectivity index (χ0v) is 71.5. The van der Waals surface area contributed by atoms with Gasteiger partial charge in [-0.1, -0.05) is 88.2 Å². The molecule has 14 rings (SSSR count). The molecule has 5 aromatic rings. The Kier molecular flexibility index (Phi) is 31.0. The largest absolute Gasteiger partial charge is 0.514 e. The molecule has 5 amide bonds. The smallest absolute Gasteiger partial charge is 0.446 e. The molecule has 0 aromatic heterocycles. The summed E-state index contributed by atoms with van der Waals surface area (Å²) in [6.07, 6.45) is 1.72. The summed E-state index contributed by atoms with van der Waals surface area (Å²) in [5, 5.41) is 36.9. The lowest BCUT2D eigenvalue weighted by atomic mass is 9.45. The molecule has 0 spiro atoms. The number of nitro benzene ring substituents is 1. The minimum absolute atomic E-state index is 0.0103. The van der Waals surface area contributed by atoms with Crippen molar-refractivity contribution in [3.8, 4) is 28.0 Å². The van der Waals surface area contributed by atoms with Crippen molar-refractivity contribution >= 4 is 52.9 Å². The maximum absolute atomic E-state index is 14.7. The molecule has 3 aliphatic heterocycles. The topological polar surface area (TPSA) is 375 Å². The maximum Gasteiger partial charge on any atom is 0.514 e. The van der Waals surface area contributed by atoms with E-state index in [1.807, 2.05) is 139 Å². The van der Waals surface area contributed by atoms with Gasteiger partial charge in [-0.2, -0.15) is 10.1 Å². The normalized spacial score (nSPS) is 25.3. The van der Waals surface area contributed by atoms with E-state index in [2.05, 4.69) is 88.2 Å². The Morgan fingerprint density at radius 2 is 1.03 bits per heavy atom. The van der Waals surface area contributed by atoms with Crippen molar-refractivity contribution in [2.75, 3.05) is 107 Å². The first-order valence-corrected chi connectivity index (χ1v) is 40.5. The molecule has 0 unspecified atom stereocenters. The summed E-state index contributed by atoms with van der Waals surface area (Å²) in [6.45, 7) is 23.3. The third-order valence-electron chi connectivity index (χ3n) is 25.4. The van der Waals surface area contributed by atoms with E-state index >= 15 is 0 Å². The molecule has 4 bridgehead atoms. The van der Waals surface area contributed by atoms with E-state index in [4.69, 9.17) is 28.6 Å². The van der Waals surface area contributed by atoms with Crippen molar-refractivity contribution in [3.63, 3.8) is 0 Å². The van der Waals surface area contributed by atoms with Gasteiger partial charge in [-0.3, -0.25) is 39.0 Å². The number of carbonyl (C=O) groups excluding carboxylic acids is 6. The fourth-order valence-electron chi connectivity index (χ4n) is 18.3. The highest BCUT2D eigenvalue weighted by molar-refractivity contribution is 5.98. The molecule has 16 atom stereocenters. The molecule has 9 fully saturated rings. The Morgan fingerprint density at radius 1 is 0.615 bits per heavy atom. The van der Waals surface area contributed by atoms with E-state index in [9.17, 15) is 49.9 Å². The third-order valence-corrected chi connectivity index (χ3v) is 25.4. The second-order valence-electron chi connectivity index (χ2n) is 33.8. The van der Waals surface area contributed by atoms with Gasteiger partial charge < -0.3 is 60.2 Å². The summed E-state index contributed by atoms with van der Waals surface area (Å²) >= 11 is 0. The second kappa shape index (κ2) is 39.9. The number of ether oxygens (including phenoxy) is 4. The second-order valence-corrected chi connectivity index (χ2v) is 33.8. The molecule has 117 heavy (non-hydrogen) atoms. The van der Waals surface area contributed by atoms with Crippen molar-refractivity contribution < 1.29 is 62.3 Å². The number of nitro groups is 1. The average molecular weight is 1620 g/mol. The van der Waals surface area contributed by atoms with E-state index in [1.54, 1.807) is 52.2 Å². The summed E-state index contributed by atoms with van der Waals surface area (Å²) in [5.41, 5.74) is 28.8. The summed E-state index contributed by atoms with van der Waals surface area (Å²) < 4.78 is 21.9. The standard InChI is InChI=1S/C42H52N8O8.C38H54N8O5.C4H8O.C2H7N/c1-23-26(10-9-11-33(23)27-16-28(39(51)44-6)18-31(17-27)48(7)8)22-49-38(40(52)46-35-20-29-19-34(24(35)2)42(29,4)5)37(36(58-49)21-45-47-43)25(3)56-41(53)57-32-14-12-30(13-15-32)50(54)55;1-21-24(12-11-13-29(21)25-14-26(35(47)40-6)16-28(15-25)44(7)8)20-46-34(36(48)42-31-18-27-17-30(22(31)2)38(27,4)5)33(32(51-46)19-41-43-39)23(3)50-37(49)45(9)10;1-2-4-5-3-1;1-3-2/h9-18,24-25,29,34-38H,19-22H2,1-8H3,(H,44,51)(H,46,52);11-16,22-23,27,30-34H,17-20H2,1-10H3,(H,40,47)(H,42,48);1-4H2;3H,1-2H3/t24-,25-,29+,34-,35-,36-,37+,38-;22-,23-,27+,30-,31-,32-,33+,34-;;/m00../s1. The van der Waals surface area contributed by atoms with Crippen LogP contribution in [-0.2, 0) is 46.6 Å². The van der Waals surface area contributed by atoms with Crippen molar-refractivity contribution in [1.82, 2.24) is 41.6 Å². The molecule has 5 N–H and O–H groups in total. The molecule has 5 aromatic carbocycles. The van der Waals surface area contributed by atoms with Gasteiger partial charge in [0.15, 0.2) is 0 Å². The monoisotopic (exact) mass is 1620 g/mol. The molecule has 31 nitrogen and oxygen atoms in total. The molecule has 9 aliphatic rings. The number of benzene rings is 5. The van der Waals surface area contributed by atoms with Gasteiger partial charge in [-0.25, -0.2) is 9.59 Å². The number of anilines is 2.